The van der Waals surface area contributed by atoms with Crippen LogP contribution in [0.5, 0.6) is 0 Å². The SMILES string of the molecule is COC(=O)CC(=O)CC(O)CCc1c(Cl)cc(Cl)c2ccc(Cl)cc12. The molecule has 1 unspecified atom stereocenters. The summed E-state index contributed by atoms with van der Waals surface area (Å²) in [4.78, 5) is 22.8. The molecule has 0 aromatic heterocycles. The zero-order chi connectivity index (χ0) is 18.6. The number of aryl methyl sites for hydroxylation is 1. The first-order valence-electron chi connectivity index (χ1n) is 7.64. The molecule has 0 saturated carbocycles. The summed E-state index contributed by atoms with van der Waals surface area (Å²) in [6.45, 7) is 0. The molecule has 25 heavy (non-hydrogen) atoms. The monoisotopic (exact) mass is 402 g/mol. The fourth-order valence-electron chi connectivity index (χ4n) is 2.61. The largest absolute Gasteiger partial charge is 0.469 e. The topological polar surface area (TPSA) is 63.6 Å². The van der Waals surface area contributed by atoms with E-state index in [0.29, 0.717) is 27.9 Å². The summed E-state index contributed by atoms with van der Waals surface area (Å²) >= 11 is 18.6. The Kier molecular flexibility index (Phi) is 7.08. The Balaban J connectivity index is 2.11. The summed E-state index contributed by atoms with van der Waals surface area (Å²) in [5.74, 6) is -0.979. The van der Waals surface area contributed by atoms with Gasteiger partial charge in [-0.05, 0) is 42.0 Å². The second-order valence-electron chi connectivity index (χ2n) is 5.70. The number of aliphatic hydroxyl groups is 1. The van der Waals surface area contributed by atoms with Gasteiger partial charge in [0.05, 0.1) is 13.2 Å². The van der Waals surface area contributed by atoms with E-state index in [1.54, 1.807) is 18.2 Å². The van der Waals surface area contributed by atoms with Gasteiger partial charge in [-0.15, -0.1) is 0 Å². The molecule has 2 aromatic rings. The van der Waals surface area contributed by atoms with Gasteiger partial charge in [0.25, 0.3) is 0 Å². The number of halogens is 3. The van der Waals surface area contributed by atoms with Crippen molar-refractivity contribution in [3.63, 3.8) is 0 Å². The molecule has 7 heteroatoms. The van der Waals surface area contributed by atoms with Crippen molar-refractivity contribution in [2.45, 2.75) is 31.8 Å². The normalized spacial score (nSPS) is 12.2. The zero-order valence-corrected chi connectivity index (χ0v) is 15.8. The Morgan fingerprint density at radius 3 is 2.52 bits per heavy atom. The number of ether oxygens (including phenoxy) is 1. The fourth-order valence-corrected chi connectivity index (χ4v) is 3.42. The van der Waals surface area contributed by atoms with E-state index in [2.05, 4.69) is 4.74 Å². The number of rotatable bonds is 7. The summed E-state index contributed by atoms with van der Waals surface area (Å²) in [5.41, 5.74) is 0.808. The molecular weight excluding hydrogens is 387 g/mol. The molecule has 2 aromatic carbocycles. The number of Topliss-reactive ketones (excluding diaryl/α,β-unsaturated/α-hetero) is 1. The number of ketones is 1. The molecule has 0 aliphatic heterocycles. The van der Waals surface area contributed by atoms with Crippen molar-refractivity contribution in [2.24, 2.45) is 0 Å². The third-order valence-corrected chi connectivity index (χ3v) is 4.75. The van der Waals surface area contributed by atoms with E-state index in [-0.39, 0.29) is 18.6 Å². The van der Waals surface area contributed by atoms with E-state index >= 15 is 0 Å². The third-order valence-electron chi connectivity index (χ3n) is 3.87. The van der Waals surface area contributed by atoms with Crippen LogP contribution in [0, 0.1) is 0 Å². The lowest BCUT2D eigenvalue weighted by molar-refractivity contribution is -0.143. The molecule has 0 radical (unpaired) electrons. The van der Waals surface area contributed by atoms with E-state index in [0.717, 1.165) is 16.3 Å². The first-order chi connectivity index (χ1) is 11.8. The number of hydrogen-bond donors (Lipinski definition) is 1. The van der Waals surface area contributed by atoms with Crippen LogP contribution in [0.3, 0.4) is 0 Å². The van der Waals surface area contributed by atoms with Gasteiger partial charge in [0.1, 0.15) is 12.2 Å². The Morgan fingerprint density at radius 1 is 1.12 bits per heavy atom. The smallest absolute Gasteiger partial charge is 0.313 e. The van der Waals surface area contributed by atoms with Crippen LogP contribution in [-0.2, 0) is 20.7 Å². The number of methoxy groups -OCH3 is 1. The quantitative estimate of drug-likeness (QED) is 0.541. The second-order valence-corrected chi connectivity index (χ2v) is 6.95. The lowest BCUT2D eigenvalue weighted by Crippen LogP contribution is -2.17. The number of esters is 1. The van der Waals surface area contributed by atoms with Gasteiger partial charge in [0.15, 0.2) is 0 Å². The predicted molar refractivity (Wildman–Crippen MR) is 99.6 cm³/mol. The van der Waals surface area contributed by atoms with Crippen molar-refractivity contribution in [2.75, 3.05) is 7.11 Å². The second kappa shape index (κ2) is 8.86. The average Bonchev–Trinajstić information content (AvgIpc) is 2.53. The minimum Gasteiger partial charge on any atom is -0.469 e. The molecule has 1 N–H and O–H groups in total. The Labute approximate surface area is 160 Å². The van der Waals surface area contributed by atoms with Gasteiger partial charge in [0, 0.05) is 26.9 Å². The molecule has 0 spiro atoms. The summed E-state index contributed by atoms with van der Waals surface area (Å²) in [7, 11) is 1.21. The molecule has 0 saturated heterocycles. The van der Waals surface area contributed by atoms with Crippen molar-refractivity contribution >= 4 is 57.3 Å². The average molecular weight is 404 g/mol. The van der Waals surface area contributed by atoms with Crippen LogP contribution in [0.4, 0.5) is 0 Å². The molecule has 1 atom stereocenters. The van der Waals surface area contributed by atoms with E-state index in [1.807, 2.05) is 6.07 Å². The molecule has 0 heterocycles. The van der Waals surface area contributed by atoms with Crippen LogP contribution in [0.15, 0.2) is 24.3 Å². The fraction of sp³-hybridized carbons (Fsp3) is 0.333. The van der Waals surface area contributed by atoms with Crippen molar-refractivity contribution in [1.29, 1.82) is 0 Å². The van der Waals surface area contributed by atoms with Crippen molar-refractivity contribution in [3.05, 3.63) is 44.9 Å². The third kappa shape index (κ3) is 5.32. The van der Waals surface area contributed by atoms with Crippen LogP contribution < -0.4 is 0 Å². The maximum atomic E-state index is 11.7. The lowest BCUT2D eigenvalue weighted by Gasteiger charge is -2.14. The van der Waals surface area contributed by atoms with Gasteiger partial charge in [-0.1, -0.05) is 40.9 Å². The molecule has 0 aliphatic carbocycles. The zero-order valence-electron chi connectivity index (χ0n) is 13.5. The van der Waals surface area contributed by atoms with Gasteiger partial charge in [0.2, 0.25) is 0 Å². The standard InChI is InChI=1S/C18H17Cl3O4/c1-25-18(24)8-12(23)7-11(22)3-5-14-15-6-10(19)2-4-13(15)16(20)9-17(14)21/h2,4,6,9,11,22H,3,5,7-8H2,1H3. The van der Waals surface area contributed by atoms with E-state index < -0.39 is 12.1 Å². The summed E-state index contributed by atoms with van der Waals surface area (Å²) in [6.07, 6.45) is -0.569. The highest BCUT2D eigenvalue weighted by Crippen LogP contribution is 2.35. The van der Waals surface area contributed by atoms with Crippen molar-refractivity contribution in [3.8, 4) is 0 Å². The summed E-state index contributed by atoms with van der Waals surface area (Å²) < 4.78 is 4.43. The van der Waals surface area contributed by atoms with Crippen LogP contribution in [0.1, 0.15) is 24.8 Å². The Bertz CT molecular complexity index is 804. The van der Waals surface area contributed by atoms with Crippen LogP contribution in [-0.4, -0.2) is 30.1 Å². The van der Waals surface area contributed by atoms with Gasteiger partial charge in [-0.2, -0.15) is 0 Å². The molecule has 2 rings (SSSR count). The first-order valence-corrected chi connectivity index (χ1v) is 8.78. The maximum Gasteiger partial charge on any atom is 0.313 e. The summed E-state index contributed by atoms with van der Waals surface area (Å²) in [5, 5.41) is 13.3. The molecular formula is C18H17Cl3O4. The highest BCUT2D eigenvalue weighted by Gasteiger charge is 2.17. The Hall–Kier alpha value is -1.33. The van der Waals surface area contributed by atoms with Gasteiger partial charge in [-0.25, -0.2) is 0 Å². The Morgan fingerprint density at radius 2 is 1.84 bits per heavy atom. The number of hydrogen-bond acceptors (Lipinski definition) is 4. The molecule has 0 bridgehead atoms. The van der Waals surface area contributed by atoms with Gasteiger partial charge < -0.3 is 9.84 Å². The minimum atomic E-state index is -0.877. The molecule has 0 fully saturated rings. The predicted octanol–water partition coefficient (Wildman–Crippen LogP) is 4.62. The maximum absolute atomic E-state index is 11.7. The summed E-state index contributed by atoms with van der Waals surface area (Å²) in [6, 6.07) is 6.99. The number of aliphatic hydroxyl groups excluding tert-OH is 1. The molecule has 4 nitrogen and oxygen atoms in total. The van der Waals surface area contributed by atoms with Crippen LogP contribution >= 0.6 is 34.8 Å². The number of carbonyl (C=O) groups is 2. The van der Waals surface area contributed by atoms with Gasteiger partial charge in [-0.3, -0.25) is 9.59 Å². The molecule has 0 aliphatic rings. The number of benzene rings is 2. The van der Waals surface area contributed by atoms with E-state index in [9.17, 15) is 14.7 Å². The highest BCUT2D eigenvalue weighted by molar-refractivity contribution is 6.40. The van der Waals surface area contributed by atoms with Crippen molar-refractivity contribution < 1.29 is 19.4 Å². The minimum absolute atomic E-state index is 0.112. The van der Waals surface area contributed by atoms with Crippen molar-refractivity contribution in [1.82, 2.24) is 0 Å². The van der Waals surface area contributed by atoms with Crippen LogP contribution in [0.25, 0.3) is 10.8 Å². The number of fused-ring (bicyclic) bond motifs is 1. The van der Waals surface area contributed by atoms with Crippen LogP contribution in [0.2, 0.25) is 15.1 Å². The first kappa shape index (κ1) is 20.0. The van der Waals surface area contributed by atoms with Gasteiger partial charge >= 0.3 is 5.97 Å². The molecule has 134 valence electrons. The lowest BCUT2D eigenvalue weighted by atomic mass is 9.97. The van der Waals surface area contributed by atoms with E-state index in [4.69, 9.17) is 34.8 Å². The highest BCUT2D eigenvalue weighted by atomic mass is 35.5. The van der Waals surface area contributed by atoms with E-state index in [1.165, 1.54) is 7.11 Å². The molecule has 0 amide bonds. The number of carbonyl (C=O) groups excluding carboxylic acids is 2.